The molecule has 162 valence electrons. The zero-order chi connectivity index (χ0) is 22.7. The standard InChI is InChI=1S/C24H19BrClN3O2S/c1-15(22(30)16-7-9-17(25)10-8-16)32-24-28-27-23(20-5-3-4-6-21(20)26)29(24)18-11-13-19(31-2)14-12-18/h3-15H,1-2H3. The third-order valence-corrected chi connectivity index (χ3v) is 6.76. The second kappa shape index (κ2) is 9.90. The molecular formula is C24H19BrClN3O2S. The molecule has 4 aromatic rings. The Hall–Kier alpha value is -2.61. The molecule has 0 bridgehead atoms. The van der Waals surface area contributed by atoms with E-state index >= 15 is 0 Å². The summed E-state index contributed by atoms with van der Waals surface area (Å²) in [5.41, 5.74) is 2.25. The minimum absolute atomic E-state index is 0.0195. The summed E-state index contributed by atoms with van der Waals surface area (Å²) in [5.74, 6) is 1.37. The number of thioether (sulfide) groups is 1. The number of nitrogens with zero attached hydrogens (tertiary/aromatic N) is 3. The van der Waals surface area contributed by atoms with Crippen molar-refractivity contribution in [2.45, 2.75) is 17.3 Å². The first-order valence-corrected chi connectivity index (χ1v) is 11.8. The first kappa shape index (κ1) is 22.6. The number of ether oxygens (including phenoxy) is 1. The van der Waals surface area contributed by atoms with Crippen molar-refractivity contribution in [1.29, 1.82) is 0 Å². The molecule has 0 radical (unpaired) electrons. The van der Waals surface area contributed by atoms with E-state index in [2.05, 4.69) is 26.1 Å². The fraction of sp³-hybridized carbons (Fsp3) is 0.125. The van der Waals surface area contributed by atoms with Crippen molar-refractivity contribution in [3.05, 3.63) is 87.9 Å². The van der Waals surface area contributed by atoms with Crippen LogP contribution in [0.4, 0.5) is 0 Å². The van der Waals surface area contributed by atoms with E-state index in [-0.39, 0.29) is 11.0 Å². The molecule has 0 saturated carbocycles. The van der Waals surface area contributed by atoms with Crippen LogP contribution in [0, 0.1) is 0 Å². The van der Waals surface area contributed by atoms with Gasteiger partial charge in [0.25, 0.3) is 0 Å². The van der Waals surface area contributed by atoms with Gasteiger partial charge in [-0.1, -0.05) is 63.6 Å². The van der Waals surface area contributed by atoms with E-state index in [4.69, 9.17) is 16.3 Å². The van der Waals surface area contributed by atoms with Crippen molar-refractivity contribution < 1.29 is 9.53 Å². The molecule has 8 heteroatoms. The van der Waals surface area contributed by atoms with E-state index < -0.39 is 0 Å². The van der Waals surface area contributed by atoms with Crippen LogP contribution in [0.3, 0.4) is 0 Å². The smallest absolute Gasteiger partial charge is 0.196 e. The monoisotopic (exact) mass is 527 g/mol. The normalized spacial score (nSPS) is 11.9. The number of hydrogen-bond acceptors (Lipinski definition) is 5. The maximum absolute atomic E-state index is 13.0. The molecule has 1 heterocycles. The molecule has 3 aromatic carbocycles. The van der Waals surface area contributed by atoms with Crippen LogP contribution in [0.25, 0.3) is 17.1 Å². The molecule has 5 nitrogen and oxygen atoms in total. The van der Waals surface area contributed by atoms with Gasteiger partial charge in [-0.2, -0.15) is 0 Å². The van der Waals surface area contributed by atoms with Crippen LogP contribution in [0.2, 0.25) is 5.02 Å². The van der Waals surface area contributed by atoms with E-state index in [0.717, 1.165) is 21.5 Å². The van der Waals surface area contributed by atoms with Gasteiger partial charge in [-0.05, 0) is 55.5 Å². The van der Waals surface area contributed by atoms with Crippen LogP contribution in [-0.4, -0.2) is 32.9 Å². The fourth-order valence-corrected chi connectivity index (χ4v) is 4.62. The van der Waals surface area contributed by atoms with Crippen LogP contribution in [0.5, 0.6) is 5.75 Å². The van der Waals surface area contributed by atoms with Gasteiger partial charge >= 0.3 is 0 Å². The number of ketones is 1. The Morgan fingerprint density at radius 2 is 1.72 bits per heavy atom. The Morgan fingerprint density at radius 1 is 1.03 bits per heavy atom. The largest absolute Gasteiger partial charge is 0.497 e. The lowest BCUT2D eigenvalue weighted by atomic mass is 10.1. The second-order valence-corrected chi connectivity index (χ2v) is 9.58. The van der Waals surface area contributed by atoms with Gasteiger partial charge in [0.15, 0.2) is 16.8 Å². The number of carbonyl (C=O) groups excluding carboxylic acids is 1. The number of aromatic nitrogens is 3. The SMILES string of the molecule is COc1ccc(-n2c(SC(C)C(=O)c3ccc(Br)cc3)nnc2-c2ccccc2Cl)cc1. The molecular weight excluding hydrogens is 510 g/mol. The van der Waals surface area contributed by atoms with Crippen molar-refractivity contribution in [2.75, 3.05) is 7.11 Å². The summed E-state index contributed by atoms with van der Waals surface area (Å²) in [5, 5.41) is 9.64. The average Bonchev–Trinajstić information content (AvgIpc) is 3.22. The molecule has 32 heavy (non-hydrogen) atoms. The van der Waals surface area contributed by atoms with Crippen molar-refractivity contribution >= 4 is 45.1 Å². The minimum atomic E-state index is -0.364. The summed E-state index contributed by atoms with van der Waals surface area (Å²) in [6, 6.07) is 22.4. The van der Waals surface area contributed by atoms with Crippen LogP contribution in [0.15, 0.2) is 82.4 Å². The number of hydrogen-bond donors (Lipinski definition) is 0. The maximum Gasteiger partial charge on any atom is 0.196 e. The van der Waals surface area contributed by atoms with Gasteiger partial charge in [0.2, 0.25) is 0 Å². The summed E-state index contributed by atoms with van der Waals surface area (Å²) >= 11 is 11.2. The quantitative estimate of drug-likeness (QED) is 0.197. The van der Waals surface area contributed by atoms with E-state index in [1.165, 1.54) is 11.8 Å². The molecule has 0 aliphatic carbocycles. The third-order valence-electron chi connectivity index (χ3n) is 4.86. The van der Waals surface area contributed by atoms with Gasteiger partial charge in [-0.25, -0.2) is 0 Å². The van der Waals surface area contributed by atoms with Gasteiger partial charge in [0.1, 0.15) is 5.75 Å². The maximum atomic E-state index is 13.0. The lowest BCUT2D eigenvalue weighted by molar-refractivity contribution is 0.0994. The van der Waals surface area contributed by atoms with E-state index in [1.54, 1.807) is 7.11 Å². The van der Waals surface area contributed by atoms with Crippen molar-refractivity contribution in [3.8, 4) is 22.8 Å². The number of carbonyl (C=O) groups is 1. The van der Waals surface area contributed by atoms with Crippen molar-refractivity contribution in [3.63, 3.8) is 0 Å². The van der Waals surface area contributed by atoms with Crippen LogP contribution in [-0.2, 0) is 0 Å². The molecule has 4 rings (SSSR count). The highest BCUT2D eigenvalue weighted by Gasteiger charge is 2.23. The van der Waals surface area contributed by atoms with Crippen molar-refractivity contribution in [1.82, 2.24) is 14.8 Å². The zero-order valence-electron chi connectivity index (χ0n) is 17.3. The summed E-state index contributed by atoms with van der Waals surface area (Å²) in [6.07, 6.45) is 0. The molecule has 0 fully saturated rings. The van der Waals surface area contributed by atoms with Gasteiger partial charge in [0.05, 0.1) is 17.4 Å². The van der Waals surface area contributed by atoms with E-state index in [0.29, 0.717) is 21.6 Å². The molecule has 0 aliphatic rings. The molecule has 0 N–H and O–H groups in total. The number of methoxy groups -OCH3 is 1. The topological polar surface area (TPSA) is 57.0 Å². The lowest BCUT2D eigenvalue weighted by Crippen LogP contribution is -2.14. The van der Waals surface area contributed by atoms with E-state index in [1.807, 2.05) is 84.3 Å². The first-order chi connectivity index (χ1) is 15.5. The molecule has 1 unspecified atom stereocenters. The Kier molecular flexibility index (Phi) is 6.98. The minimum Gasteiger partial charge on any atom is -0.497 e. The zero-order valence-corrected chi connectivity index (χ0v) is 20.5. The Bertz CT molecular complexity index is 1240. The Morgan fingerprint density at radius 3 is 2.38 bits per heavy atom. The summed E-state index contributed by atoms with van der Waals surface area (Å²) in [4.78, 5) is 13.0. The summed E-state index contributed by atoms with van der Waals surface area (Å²) < 4.78 is 8.13. The fourth-order valence-electron chi connectivity index (χ4n) is 3.19. The Balaban J connectivity index is 1.73. The molecule has 1 atom stereocenters. The van der Waals surface area contributed by atoms with Crippen LogP contribution in [0.1, 0.15) is 17.3 Å². The number of benzene rings is 3. The molecule has 0 amide bonds. The Labute approximate surface area is 203 Å². The van der Waals surface area contributed by atoms with Gasteiger partial charge in [-0.3, -0.25) is 9.36 Å². The summed E-state index contributed by atoms with van der Waals surface area (Å²) in [6.45, 7) is 1.87. The lowest BCUT2D eigenvalue weighted by Gasteiger charge is -2.14. The van der Waals surface area contributed by atoms with Crippen LogP contribution < -0.4 is 4.74 Å². The third kappa shape index (κ3) is 4.75. The molecule has 0 aliphatic heterocycles. The predicted molar refractivity (Wildman–Crippen MR) is 132 cm³/mol. The average molecular weight is 529 g/mol. The van der Waals surface area contributed by atoms with Gasteiger partial charge in [-0.15, -0.1) is 10.2 Å². The predicted octanol–water partition coefficient (Wildman–Crippen LogP) is 6.72. The highest BCUT2D eigenvalue weighted by molar-refractivity contribution is 9.10. The van der Waals surface area contributed by atoms with Gasteiger partial charge < -0.3 is 4.74 Å². The molecule has 0 saturated heterocycles. The van der Waals surface area contributed by atoms with Gasteiger partial charge in [0, 0.05) is 21.3 Å². The van der Waals surface area contributed by atoms with E-state index in [9.17, 15) is 4.79 Å². The summed E-state index contributed by atoms with van der Waals surface area (Å²) in [7, 11) is 1.62. The second-order valence-electron chi connectivity index (χ2n) is 6.95. The van der Waals surface area contributed by atoms with Crippen LogP contribution >= 0.6 is 39.3 Å². The van der Waals surface area contributed by atoms with Crippen molar-refractivity contribution in [2.24, 2.45) is 0 Å². The highest BCUT2D eigenvalue weighted by atomic mass is 79.9. The molecule has 1 aromatic heterocycles. The number of rotatable bonds is 7. The number of halogens is 2. The number of Topliss-reactive ketones (excluding diaryl/α,β-unsaturated/α-hetero) is 1. The highest BCUT2D eigenvalue weighted by Crippen LogP contribution is 2.34. The molecule has 0 spiro atoms. The first-order valence-electron chi connectivity index (χ1n) is 9.79.